The van der Waals surface area contributed by atoms with Crippen molar-refractivity contribution < 1.29 is 0 Å². The molecule has 0 nitrogen and oxygen atoms in total. The van der Waals surface area contributed by atoms with Gasteiger partial charge in [-0.2, -0.15) is 0 Å². The maximum atomic E-state index is 2.42. The van der Waals surface area contributed by atoms with Crippen molar-refractivity contribution in [2.45, 2.75) is 26.2 Å². The quantitative estimate of drug-likeness (QED) is 0.573. The Hall–Kier alpha value is -1.82. The summed E-state index contributed by atoms with van der Waals surface area (Å²) in [6.45, 7) is 4.57. The fourth-order valence-corrected chi connectivity index (χ4v) is 3.65. The van der Waals surface area contributed by atoms with Gasteiger partial charge in [-0.25, -0.2) is 0 Å². The summed E-state index contributed by atoms with van der Waals surface area (Å²) >= 11 is 0. The highest BCUT2D eigenvalue weighted by Gasteiger charge is 2.25. The second-order valence-electron chi connectivity index (χ2n) is 5.90. The zero-order chi connectivity index (χ0) is 13.0. The van der Waals surface area contributed by atoms with Crippen molar-refractivity contribution in [2.24, 2.45) is 5.92 Å². The molecule has 2 unspecified atom stereocenters. The molecule has 4 rings (SSSR count). The van der Waals surface area contributed by atoms with Gasteiger partial charge in [0.15, 0.2) is 0 Å². The number of aryl methyl sites for hydroxylation is 1. The van der Waals surface area contributed by atoms with Gasteiger partial charge in [0.1, 0.15) is 0 Å². The molecule has 2 aliphatic carbocycles. The van der Waals surface area contributed by atoms with Crippen LogP contribution in [0.3, 0.4) is 0 Å². The van der Waals surface area contributed by atoms with Crippen LogP contribution in [0.15, 0.2) is 42.5 Å². The third-order valence-electron chi connectivity index (χ3n) is 4.75. The number of hydrogen-bond acceptors (Lipinski definition) is 0. The van der Waals surface area contributed by atoms with E-state index in [4.69, 9.17) is 0 Å². The summed E-state index contributed by atoms with van der Waals surface area (Å²) in [6, 6.07) is 9.10. The molecule has 0 bridgehead atoms. The topological polar surface area (TPSA) is 0 Å². The molecule has 0 N–H and O–H groups in total. The van der Waals surface area contributed by atoms with E-state index >= 15 is 0 Å². The normalized spacial score (nSPS) is 23.7. The monoisotopic (exact) mass is 246 g/mol. The summed E-state index contributed by atoms with van der Waals surface area (Å²) in [6.07, 6.45) is 10.5. The second-order valence-corrected chi connectivity index (χ2v) is 5.90. The number of hydrogen-bond donors (Lipinski definition) is 0. The minimum absolute atomic E-state index is 0.548. The molecule has 0 aromatic heterocycles. The average molecular weight is 246 g/mol. The Balaban J connectivity index is 2.21. The van der Waals surface area contributed by atoms with Gasteiger partial charge in [-0.15, -0.1) is 0 Å². The lowest BCUT2D eigenvalue weighted by Crippen LogP contribution is -2.11. The van der Waals surface area contributed by atoms with Gasteiger partial charge in [0.2, 0.25) is 0 Å². The summed E-state index contributed by atoms with van der Waals surface area (Å²) in [5.41, 5.74) is 5.91. The molecule has 0 aliphatic heterocycles. The van der Waals surface area contributed by atoms with Crippen LogP contribution in [0.2, 0.25) is 0 Å². The summed E-state index contributed by atoms with van der Waals surface area (Å²) < 4.78 is 0. The van der Waals surface area contributed by atoms with E-state index in [0.717, 1.165) is 6.42 Å². The third kappa shape index (κ3) is 1.46. The maximum Gasteiger partial charge on any atom is 0.00905 e. The Morgan fingerprint density at radius 2 is 1.89 bits per heavy atom. The molecule has 0 radical (unpaired) electrons. The molecule has 0 saturated carbocycles. The molecular weight excluding hydrogens is 228 g/mol. The van der Waals surface area contributed by atoms with Gasteiger partial charge in [0.05, 0.1) is 0 Å². The van der Waals surface area contributed by atoms with E-state index in [2.05, 4.69) is 62.4 Å². The van der Waals surface area contributed by atoms with Gasteiger partial charge in [-0.3, -0.25) is 0 Å². The van der Waals surface area contributed by atoms with Crippen molar-refractivity contribution in [2.75, 3.05) is 0 Å². The van der Waals surface area contributed by atoms with E-state index in [1.54, 1.807) is 5.56 Å². The molecule has 2 atom stereocenters. The van der Waals surface area contributed by atoms with Crippen LogP contribution in [0.5, 0.6) is 0 Å². The van der Waals surface area contributed by atoms with Crippen molar-refractivity contribution in [3.05, 3.63) is 64.7 Å². The van der Waals surface area contributed by atoms with Gasteiger partial charge >= 0.3 is 0 Å². The first-order chi connectivity index (χ1) is 9.25. The molecule has 0 fully saturated rings. The summed E-state index contributed by atoms with van der Waals surface area (Å²) in [4.78, 5) is 0. The van der Waals surface area contributed by atoms with Crippen LogP contribution >= 0.6 is 0 Å². The molecule has 0 heterocycles. The van der Waals surface area contributed by atoms with E-state index in [-0.39, 0.29) is 0 Å². The smallest absolute Gasteiger partial charge is 0.00905 e. The van der Waals surface area contributed by atoms with Gasteiger partial charge in [-0.05, 0) is 52.3 Å². The average Bonchev–Trinajstić information content (AvgIpc) is 2.63. The van der Waals surface area contributed by atoms with Crippen molar-refractivity contribution >= 4 is 16.8 Å². The number of benzene rings is 2. The Morgan fingerprint density at radius 3 is 2.79 bits per heavy atom. The van der Waals surface area contributed by atoms with Crippen LogP contribution in [0, 0.1) is 12.8 Å². The molecule has 2 aromatic rings. The van der Waals surface area contributed by atoms with E-state index in [9.17, 15) is 0 Å². The first-order valence-electron chi connectivity index (χ1n) is 7.15. The number of allylic oxidation sites excluding steroid dienone is 3. The lowest BCUT2D eigenvalue weighted by Gasteiger charge is -2.26. The van der Waals surface area contributed by atoms with Crippen molar-refractivity contribution in [1.82, 2.24) is 0 Å². The van der Waals surface area contributed by atoms with Crippen LogP contribution in [-0.4, -0.2) is 0 Å². The molecule has 2 aromatic carbocycles. The van der Waals surface area contributed by atoms with Crippen LogP contribution in [0.1, 0.15) is 35.1 Å². The highest BCUT2D eigenvalue weighted by molar-refractivity contribution is 5.94. The highest BCUT2D eigenvalue weighted by atomic mass is 14.3. The molecule has 0 amide bonds. The second kappa shape index (κ2) is 3.84. The molecule has 0 saturated heterocycles. The minimum atomic E-state index is 0.548. The minimum Gasteiger partial charge on any atom is -0.0835 e. The highest BCUT2D eigenvalue weighted by Crippen LogP contribution is 2.42. The van der Waals surface area contributed by atoms with E-state index in [0.29, 0.717) is 11.8 Å². The Bertz CT molecular complexity index is 731. The van der Waals surface area contributed by atoms with E-state index < -0.39 is 0 Å². The lowest BCUT2D eigenvalue weighted by molar-refractivity contribution is 0.640. The van der Waals surface area contributed by atoms with Crippen molar-refractivity contribution in [3.8, 4) is 0 Å². The van der Waals surface area contributed by atoms with Crippen LogP contribution in [0.4, 0.5) is 0 Å². The summed E-state index contributed by atoms with van der Waals surface area (Å²) in [5.74, 6) is 1.15. The predicted octanol–water partition coefficient (Wildman–Crippen LogP) is 5.01. The van der Waals surface area contributed by atoms with Crippen molar-refractivity contribution in [1.29, 1.82) is 0 Å². The summed E-state index contributed by atoms with van der Waals surface area (Å²) in [5, 5.41) is 2.92. The Morgan fingerprint density at radius 1 is 1.05 bits per heavy atom. The molecule has 19 heavy (non-hydrogen) atoms. The van der Waals surface area contributed by atoms with Gasteiger partial charge < -0.3 is 0 Å². The number of rotatable bonds is 0. The predicted molar refractivity (Wildman–Crippen MR) is 82.5 cm³/mol. The van der Waals surface area contributed by atoms with Gasteiger partial charge in [0.25, 0.3) is 0 Å². The zero-order valence-corrected chi connectivity index (χ0v) is 11.5. The SMILES string of the molecule is Cc1ccc2ccc3c4c2c1CC=CC4C(C)C=C3. The van der Waals surface area contributed by atoms with E-state index in [1.807, 2.05) is 0 Å². The Labute approximate surface area is 114 Å². The molecule has 0 heteroatoms. The molecule has 0 spiro atoms. The summed E-state index contributed by atoms with van der Waals surface area (Å²) in [7, 11) is 0. The van der Waals surface area contributed by atoms with Crippen LogP contribution < -0.4 is 0 Å². The first kappa shape index (κ1) is 11.0. The van der Waals surface area contributed by atoms with Gasteiger partial charge in [0, 0.05) is 5.92 Å². The molecular formula is C19H18. The first-order valence-corrected chi connectivity index (χ1v) is 7.15. The standard InChI is InChI=1S/C19H18/c1-12-6-8-14-10-11-15-9-7-13(2)17-5-3-4-16(12)18(14)19(15)17/h3-4,6-12,16H,5H2,1-2H3. The third-order valence-corrected chi connectivity index (χ3v) is 4.75. The van der Waals surface area contributed by atoms with Crippen LogP contribution in [0.25, 0.3) is 16.8 Å². The van der Waals surface area contributed by atoms with Crippen molar-refractivity contribution in [3.63, 3.8) is 0 Å². The maximum absolute atomic E-state index is 2.42. The fourth-order valence-electron chi connectivity index (χ4n) is 3.65. The largest absolute Gasteiger partial charge is 0.0835 e. The molecule has 94 valence electrons. The lowest BCUT2D eigenvalue weighted by atomic mass is 9.77. The Kier molecular flexibility index (Phi) is 2.23. The fraction of sp³-hybridized carbons (Fsp3) is 0.263. The molecule has 2 aliphatic rings. The van der Waals surface area contributed by atoms with Crippen LogP contribution in [-0.2, 0) is 6.42 Å². The van der Waals surface area contributed by atoms with E-state index in [1.165, 1.54) is 27.5 Å². The zero-order valence-electron chi connectivity index (χ0n) is 11.5. The van der Waals surface area contributed by atoms with Gasteiger partial charge in [-0.1, -0.05) is 55.5 Å².